The van der Waals surface area contributed by atoms with Gasteiger partial charge in [0.05, 0.1) is 16.8 Å². The highest BCUT2D eigenvalue weighted by molar-refractivity contribution is 6.62. The van der Waals surface area contributed by atoms with Crippen LogP contribution in [-0.2, 0) is 19.6 Å². The van der Waals surface area contributed by atoms with Gasteiger partial charge in [-0.1, -0.05) is 24.3 Å². The van der Waals surface area contributed by atoms with E-state index in [2.05, 4.69) is 52.0 Å². The second-order valence-corrected chi connectivity index (χ2v) is 7.27. The van der Waals surface area contributed by atoms with Crippen molar-refractivity contribution < 1.29 is 14.0 Å². The van der Waals surface area contributed by atoms with E-state index in [4.69, 9.17) is 14.0 Å². The Labute approximate surface area is 128 Å². The average molecular weight is 288 g/mol. The number of benzene rings is 1. The van der Waals surface area contributed by atoms with Crippen molar-refractivity contribution >= 4 is 12.6 Å². The molecule has 1 saturated heterocycles. The van der Waals surface area contributed by atoms with Crippen molar-refractivity contribution in [3.05, 3.63) is 29.8 Å². The normalized spacial score (nSPS) is 25.7. The maximum Gasteiger partial charge on any atom is 0.494 e. The Morgan fingerprint density at radius 1 is 1.05 bits per heavy atom. The predicted molar refractivity (Wildman–Crippen MR) is 84.7 cm³/mol. The third-order valence-corrected chi connectivity index (χ3v) is 5.49. The zero-order chi connectivity index (χ0) is 15.3. The smallest absolute Gasteiger partial charge is 0.399 e. The Bertz CT molecular complexity index is 513. The lowest BCUT2D eigenvalue weighted by Crippen LogP contribution is -2.41. The monoisotopic (exact) mass is 288 g/mol. The van der Waals surface area contributed by atoms with Gasteiger partial charge in [0, 0.05) is 7.11 Å². The van der Waals surface area contributed by atoms with E-state index in [0.29, 0.717) is 0 Å². The van der Waals surface area contributed by atoms with Gasteiger partial charge in [0.1, 0.15) is 0 Å². The molecule has 1 aromatic rings. The molecule has 0 aromatic heterocycles. The largest absolute Gasteiger partial charge is 0.494 e. The minimum Gasteiger partial charge on any atom is -0.399 e. The summed E-state index contributed by atoms with van der Waals surface area (Å²) in [5.74, 6) is 0. The maximum atomic E-state index is 6.14. The maximum absolute atomic E-state index is 6.14. The van der Waals surface area contributed by atoms with Gasteiger partial charge in [-0.15, -0.1) is 0 Å². The lowest BCUT2D eigenvalue weighted by Gasteiger charge is -2.41. The second kappa shape index (κ2) is 4.84. The highest BCUT2D eigenvalue weighted by atomic mass is 16.7. The number of hydrogen-bond donors (Lipinski definition) is 0. The number of ether oxygens (including phenoxy) is 1. The van der Waals surface area contributed by atoms with Gasteiger partial charge in [-0.05, 0) is 58.0 Å². The van der Waals surface area contributed by atoms with Gasteiger partial charge in [0.15, 0.2) is 0 Å². The average Bonchev–Trinajstić information content (AvgIpc) is 2.58. The summed E-state index contributed by atoms with van der Waals surface area (Å²) in [4.78, 5) is 0. The van der Waals surface area contributed by atoms with Crippen molar-refractivity contribution in [2.45, 2.75) is 63.8 Å². The van der Waals surface area contributed by atoms with Crippen LogP contribution in [0.2, 0.25) is 0 Å². The van der Waals surface area contributed by atoms with Gasteiger partial charge < -0.3 is 14.0 Å². The van der Waals surface area contributed by atoms with Crippen LogP contribution >= 0.6 is 0 Å². The van der Waals surface area contributed by atoms with E-state index in [1.165, 1.54) is 12.0 Å². The molecular weight excluding hydrogens is 263 g/mol. The molecule has 3 rings (SSSR count). The zero-order valence-corrected chi connectivity index (χ0v) is 13.7. The SMILES string of the molecule is COC1(c2cccc(B3OC(C)(C)C(C)(C)O3)c2)CCC1. The molecule has 1 aliphatic heterocycles. The summed E-state index contributed by atoms with van der Waals surface area (Å²) >= 11 is 0. The Morgan fingerprint density at radius 2 is 1.67 bits per heavy atom. The van der Waals surface area contributed by atoms with Crippen LogP contribution in [0.3, 0.4) is 0 Å². The van der Waals surface area contributed by atoms with Crippen molar-refractivity contribution in [2.75, 3.05) is 7.11 Å². The molecule has 2 fully saturated rings. The van der Waals surface area contributed by atoms with Gasteiger partial charge in [-0.3, -0.25) is 0 Å². The number of rotatable bonds is 3. The van der Waals surface area contributed by atoms with E-state index in [1.807, 2.05) is 0 Å². The van der Waals surface area contributed by atoms with E-state index in [-0.39, 0.29) is 23.9 Å². The highest BCUT2D eigenvalue weighted by Crippen LogP contribution is 2.44. The zero-order valence-electron chi connectivity index (χ0n) is 13.7. The van der Waals surface area contributed by atoms with E-state index >= 15 is 0 Å². The highest BCUT2D eigenvalue weighted by Gasteiger charge is 2.52. The molecule has 0 N–H and O–H groups in total. The van der Waals surface area contributed by atoms with E-state index in [0.717, 1.165) is 18.3 Å². The molecule has 0 radical (unpaired) electrons. The minimum absolute atomic E-state index is 0.0976. The van der Waals surface area contributed by atoms with Crippen LogP contribution in [0.1, 0.15) is 52.5 Å². The summed E-state index contributed by atoms with van der Waals surface area (Å²) in [5.41, 5.74) is 1.61. The van der Waals surface area contributed by atoms with Crippen LogP contribution in [0.5, 0.6) is 0 Å². The third kappa shape index (κ3) is 2.34. The summed E-state index contributed by atoms with van der Waals surface area (Å²) in [7, 11) is 1.50. The molecule has 3 nitrogen and oxygen atoms in total. The molecule has 0 atom stereocenters. The summed E-state index contributed by atoms with van der Waals surface area (Å²) < 4.78 is 18.1. The van der Waals surface area contributed by atoms with Gasteiger partial charge >= 0.3 is 7.12 Å². The van der Waals surface area contributed by atoms with Crippen LogP contribution in [0.15, 0.2) is 24.3 Å². The van der Waals surface area contributed by atoms with E-state index < -0.39 is 0 Å². The van der Waals surface area contributed by atoms with Gasteiger partial charge in [-0.25, -0.2) is 0 Å². The van der Waals surface area contributed by atoms with Crippen molar-refractivity contribution in [2.24, 2.45) is 0 Å². The standard InChI is InChI=1S/C17H25BO3/c1-15(2)16(3,4)21-18(20-15)14-9-6-8-13(12-14)17(19-5)10-7-11-17/h6,8-9,12H,7,10-11H2,1-5H3. The van der Waals surface area contributed by atoms with Crippen LogP contribution in [-0.4, -0.2) is 25.4 Å². The predicted octanol–water partition coefficient (Wildman–Crippen LogP) is 3.01. The van der Waals surface area contributed by atoms with Crippen LogP contribution in [0, 0.1) is 0 Å². The molecule has 1 saturated carbocycles. The third-order valence-electron chi connectivity index (χ3n) is 5.49. The molecule has 2 aliphatic rings. The van der Waals surface area contributed by atoms with Crippen LogP contribution < -0.4 is 5.46 Å². The topological polar surface area (TPSA) is 27.7 Å². The first-order chi connectivity index (χ1) is 9.80. The molecule has 0 spiro atoms. The first kappa shape index (κ1) is 15.1. The van der Waals surface area contributed by atoms with Gasteiger partial charge in [0.25, 0.3) is 0 Å². The summed E-state index contributed by atoms with van der Waals surface area (Å²) in [6, 6.07) is 8.49. The summed E-state index contributed by atoms with van der Waals surface area (Å²) in [6.45, 7) is 8.33. The summed E-state index contributed by atoms with van der Waals surface area (Å²) in [6.07, 6.45) is 3.42. The number of methoxy groups -OCH3 is 1. The lowest BCUT2D eigenvalue weighted by atomic mass is 9.71. The van der Waals surface area contributed by atoms with Crippen molar-refractivity contribution in [1.82, 2.24) is 0 Å². The van der Waals surface area contributed by atoms with Gasteiger partial charge in [-0.2, -0.15) is 0 Å². The molecule has 1 aromatic carbocycles. The minimum atomic E-state index is -0.302. The molecule has 4 heteroatoms. The summed E-state index contributed by atoms with van der Waals surface area (Å²) in [5, 5.41) is 0. The Hall–Kier alpha value is -0.835. The fraction of sp³-hybridized carbons (Fsp3) is 0.647. The van der Waals surface area contributed by atoms with Crippen molar-refractivity contribution in [3.8, 4) is 0 Å². The molecule has 1 aliphatic carbocycles. The molecule has 114 valence electrons. The molecule has 1 heterocycles. The fourth-order valence-electron chi connectivity index (χ4n) is 3.06. The van der Waals surface area contributed by atoms with Crippen molar-refractivity contribution in [1.29, 1.82) is 0 Å². The Balaban J connectivity index is 1.88. The first-order valence-corrected chi connectivity index (χ1v) is 7.81. The second-order valence-electron chi connectivity index (χ2n) is 7.27. The number of hydrogen-bond acceptors (Lipinski definition) is 3. The Morgan fingerprint density at radius 3 is 2.14 bits per heavy atom. The molecule has 21 heavy (non-hydrogen) atoms. The Kier molecular flexibility index (Phi) is 3.47. The molecule has 0 amide bonds. The van der Waals surface area contributed by atoms with Crippen LogP contribution in [0.25, 0.3) is 0 Å². The van der Waals surface area contributed by atoms with Crippen LogP contribution in [0.4, 0.5) is 0 Å². The fourth-order valence-corrected chi connectivity index (χ4v) is 3.06. The molecule has 0 unspecified atom stereocenters. The molecule has 0 bridgehead atoms. The molecular formula is C17H25BO3. The van der Waals surface area contributed by atoms with Gasteiger partial charge in [0.2, 0.25) is 0 Å². The van der Waals surface area contributed by atoms with Crippen molar-refractivity contribution in [3.63, 3.8) is 0 Å². The first-order valence-electron chi connectivity index (χ1n) is 7.81. The quantitative estimate of drug-likeness (QED) is 0.800. The van der Waals surface area contributed by atoms with E-state index in [9.17, 15) is 0 Å². The lowest BCUT2D eigenvalue weighted by molar-refractivity contribution is -0.0778. The van der Waals surface area contributed by atoms with E-state index in [1.54, 1.807) is 7.11 Å².